The van der Waals surface area contributed by atoms with Crippen LogP contribution in [0.15, 0.2) is 42.7 Å². The molecule has 4 rings (SSSR count). The second-order valence-corrected chi connectivity index (χ2v) is 5.86. The molecule has 9 heteroatoms. The number of hydrogen-bond donors (Lipinski definition) is 2. The van der Waals surface area contributed by atoms with Gasteiger partial charge < -0.3 is 14.8 Å². The minimum atomic E-state index is -0.372. The number of carbonyl (C=O) groups is 1. The quantitative estimate of drug-likeness (QED) is 0.740. The predicted molar refractivity (Wildman–Crippen MR) is 93.0 cm³/mol. The minimum Gasteiger partial charge on any atom is -0.481 e. The number of nitrogens with one attached hydrogen (secondary N) is 2. The highest BCUT2D eigenvalue weighted by molar-refractivity contribution is 5.87. The number of rotatable bonds is 4. The van der Waals surface area contributed by atoms with Crippen molar-refractivity contribution in [2.75, 3.05) is 19.0 Å². The zero-order valence-corrected chi connectivity index (χ0v) is 14.1. The molecule has 2 atom stereocenters. The van der Waals surface area contributed by atoms with E-state index in [-0.39, 0.29) is 24.1 Å². The Labute approximate surface area is 149 Å². The second-order valence-electron chi connectivity index (χ2n) is 5.86. The van der Waals surface area contributed by atoms with Gasteiger partial charge in [-0.25, -0.2) is 14.3 Å². The Morgan fingerprint density at radius 3 is 3.04 bits per heavy atom. The third kappa shape index (κ3) is 3.29. The van der Waals surface area contributed by atoms with E-state index in [1.165, 1.54) is 0 Å². The van der Waals surface area contributed by atoms with Gasteiger partial charge in [0.05, 0.1) is 13.2 Å². The summed E-state index contributed by atoms with van der Waals surface area (Å²) in [6.45, 7) is 0.564. The number of urea groups is 1. The highest BCUT2D eigenvalue weighted by Gasteiger charge is 2.31. The fraction of sp³-hybridized carbons (Fsp3) is 0.294. The molecule has 2 N–H and O–H groups in total. The molecule has 0 radical (unpaired) electrons. The molecule has 2 amide bonds. The molecule has 0 bridgehead atoms. The molecule has 3 aromatic rings. The first-order valence-electron chi connectivity index (χ1n) is 8.23. The van der Waals surface area contributed by atoms with E-state index in [0.29, 0.717) is 24.6 Å². The van der Waals surface area contributed by atoms with Gasteiger partial charge in [0.1, 0.15) is 6.10 Å². The fourth-order valence-corrected chi connectivity index (χ4v) is 2.94. The Hall–Kier alpha value is -3.20. The van der Waals surface area contributed by atoms with Gasteiger partial charge in [0, 0.05) is 30.6 Å². The molecule has 0 spiro atoms. The summed E-state index contributed by atoms with van der Waals surface area (Å²) in [6, 6.07) is 8.64. The third-order valence-corrected chi connectivity index (χ3v) is 4.17. The summed E-state index contributed by atoms with van der Waals surface area (Å²) < 4.78 is 12.4. The molecule has 1 fully saturated rings. The Morgan fingerprint density at radius 1 is 1.35 bits per heavy atom. The lowest BCUT2D eigenvalue weighted by atomic mass is 10.0. The highest BCUT2D eigenvalue weighted by atomic mass is 16.5. The van der Waals surface area contributed by atoms with Crippen LogP contribution in [0.2, 0.25) is 0 Å². The van der Waals surface area contributed by atoms with E-state index in [4.69, 9.17) is 9.47 Å². The molecule has 26 heavy (non-hydrogen) atoms. The smallest absolute Gasteiger partial charge is 0.321 e. The van der Waals surface area contributed by atoms with E-state index < -0.39 is 0 Å². The lowest BCUT2D eigenvalue weighted by molar-refractivity contribution is 0.100. The van der Waals surface area contributed by atoms with Gasteiger partial charge in [0.15, 0.2) is 5.65 Å². The molecule has 0 aromatic carbocycles. The monoisotopic (exact) mass is 354 g/mol. The summed E-state index contributed by atoms with van der Waals surface area (Å²) in [7, 11) is 1.57. The van der Waals surface area contributed by atoms with E-state index in [1.807, 2.05) is 24.3 Å². The Kier molecular flexibility index (Phi) is 4.36. The van der Waals surface area contributed by atoms with E-state index in [1.54, 1.807) is 30.1 Å². The number of anilines is 1. The van der Waals surface area contributed by atoms with Crippen LogP contribution < -0.4 is 15.4 Å². The van der Waals surface area contributed by atoms with Crippen molar-refractivity contribution in [3.8, 4) is 5.88 Å². The van der Waals surface area contributed by atoms with Crippen LogP contribution in [0.1, 0.15) is 18.1 Å². The summed E-state index contributed by atoms with van der Waals surface area (Å²) in [6.07, 6.45) is 3.92. The van der Waals surface area contributed by atoms with E-state index in [2.05, 4.69) is 25.7 Å². The topological polar surface area (TPSA) is 103 Å². The van der Waals surface area contributed by atoms with Gasteiger partial charge in [0.2, 0.25) is 5.88 Å². The van der Waals surface area contributed by atoms with Crippen LogP contribution in [0.4, 0.5) is 10.7 Å². The molecule has 4 heterocycles. The maximum atomic E-state index is 12.3. The first kappa shape index (κ1) is 16.3. The van der Waals surface area contributed by atoms with Crippen LogP contribution in [0.25, 0.3) is 5.65 Å². The van der Waals surface area contributed by atoms with Gasteiger partial charge in [-0.3, -0.25) is 5.32 Å². The number of aromatic nitrogens is 4. The van der Waals surface area contributed by atoms with Crippen molar-refractivity contribution in [2.24, 2.45) is 0 Å². The minimum absolute atomic E-state index is 0.165. The lowest BCUT2D eigenvalue weighted by Gasteiger charge is -2.19. The Balaban J connectivity index is 1.42. The van der Waals surface area contributed by atoms with Crippen molar-refractivity contribution in [3.05, 3.63) is 48.3 Å². The lowest BCUT2D eigenvalue weighted by Crippen LogP contribution is -2.39. The van der Waals surface area contributed by atoms with Crippen molar-refractivity contribution in [1.29, 1.82) is 0 Å². The molecular formula is C17H18N6O3. The van der Waals surface area contributed by atoms with Crippen molar-refractivity contribution < 1.29 is 14.3 Å². The number of ether oxygens (including phenoxy) is 2. The molecule has 0 aliphatic carbocycles. The number of methoxy groups -OCH3 is 1. The van der Waals surface area contributed by atoms with E-state index in [0.717, 1.165) is 5.56 Å². The highest BCUT2D eigenvalue weighted by Crippen LogP contribution is 2.29. The molecule has 1 aliphatic rings. The van der Waals surface area contributed by atoms with Gasteiger partial charge in [-0.15, -0.1) is 5.10 Å². The number of carbonyl (C=O) groups excluding carboxylic acids is 1. The van der Waals surface area contributed by atoms with Crippen molar-refractivity contribution in [2.45, 2.75) is 18.6 Å². The van der Waals surface area contributed by atoms with Crippen LogP contribution in [0.3, 0.4) is 0 Å². The summed E-state index contributed by atoms with van der Waals surface area (Å²) in [5.41, 5.74) is 1.55. The molecule has 1 aliphatic heterocycles. The summed E-state index contributed by atoms with van der Waals surface area (Å²) >= 11 is 0. The van der Waals surface area contributed by atoms with Crippen LogP contribution >= 0.6 is 0 Å². The SMILES string of the molecule is COc1ccc([C@@H]2OCC[C@H]2NC(=O)Nc2nc3ccccn3n2)cn1. The van der Waals surface area contributed by atoms with Gasteiger partial charge in [-0.05, 0) is 24.6 Å². The first-order valence-corrected chi connectivity index (χ1v) is 8.23. The molecule has 9 nitrogen and oxygen atoms in total. The zero-order chi connectivity index (χ0) is 17.9. The van der Waals surface area contributed by atoms with Gasteiger partial charge in [-0.2, -0.15) is 4.98 Å². The summed E-state index contributed by atoms with van der Waals surface area (Å²) in [5.74, 6) is 0.780. The second kappa shape index (κ2) is 6.96. The Bertz CT molecular complexity index is 877. The zero-order valence-electron chi connectivity index (χ0n) is 14.1. The van der Waals surface area contributed by atoms with Crippen LogP contribution in [0.5, 0.6) is 5.88 Å². The number of nitrogens with zero attached hydrogens (tertiary/aromatic N) is 4. The summed E-state index contributed by atoms with van der Waals surface area (Å²) in [4.78, 5) is 20.8. The maximum Gasteiger partial charge on any atom is 0.321 e. The molecular weight excluding hydrogens is 336 g/mol. The normalized spacial score (nSPS) is 19.4. The van der Waals surface area contributed by atoms with Gasteiger partial charge >= 0.3 is 6.03 Å². The van der Waals surface area contributed by atoms with E-state index >= 15 is 0 Å². The largest absolute Gasteiger partial charge is 0.481 e. The number of fused-ring (bicyclic) bond motifs is 1. The van der Waals surface area contributed by atoms with Crippen LogP contribution in [-0.2, 0) is 4.74 Å². The standard InChI is InChI=1S/C17H18N6O3/c1-25-14-6-5-11(10-18-14)15-12(7-9-26-15)19-17(24)21-16-20-13-4-2-3-8-23(13)22-16/h2-6,8,10,12,15H,7,9H2,1H3,(H2,19,21,22,24)/t12-,15+/m1/s1. The maximum absolute atomic E-state index is 12.3. The number of hydrogen-bond acceptors (Lipinski definition) is 6. The van der Waals surface area contributed by atoms with Crippen molar-refractivity contribution in [3.63, 3.8) is 0 Å². The average molecular weight is 354 g/mol. The molecule has 0 saturated carbocycles. The summed E-state index contributed by atoms with van der Waals surface area (Å²) in [5, 5.41) is 9.79. The fourth-order valence-electron chi connectivity index (χ4n) is 2.94. The van der Waals surface area contributed by atoms with Gasteiger partial charge in [-0.1, -0.05) is 6.07 Å². The molecule has 1 saturated heterocycles. The average Bonchev–Trinajstić information content (AvgIpc) is 3.27. The van der Waals surface area contributed by atoms with E-state index in [9.17, 15) is 4.79 Å². The predicted octanol–water partition coefficient (Wildman–Crippen LogP) is 1.78. The van der Waals surface area contributed by atoms with Crippen molar-refractivity contribution >= 4 is 17.6 Å². The molecule has 3 aromatic heterocycles. The molecule has 0 unspecified atom stereocenters. The molecule has 134 valence electrons. The Morgan fingerprint density at radius 2 is 2.27 bits per heavy atom. The number of amides is 2. The first-order chi connectivity index (χ1) is 12.7. The van der Waals surface area contributed by atoms with Crippen LogP contribution in [0, 0.1) is 0 Å². The van der Waals surface area contributed by atoms with Gasteiger partial charge in [0.25, 0.3) is 5.95 Å². The number of pyridine rings is 2. The third-order valence-electron chi connectivity index (χ3n) is 4.17. The van der Waals surface area contributed by atoms with Crippen molar-refractivity contribution in [1.82, 2.24) is 24.9 Å². The van der Waals surface area contributed by atoms with Crippen LogP contribution in [-0.4, -0.2) is 45.4 Å².